The molecule has 0 aliphatic heterocycles. The molecule has 0 amide bonds. The molecule has 1 aromatic heterocycles. The Morgan fingerprint density at radius 1 is 1.54 bits per heavy atom. The van der Waals surface area contributed by atoms with Gasteiger partial charge in [-0.05, 0) is 12.8 Å². The van der Waals surface area contributed by atoms with Crippen LogP contribution in [0.5, 0.6) is 0 Å². The van der Waals surface area contributed by atoms with Crippen LogP contribution in [0.2, 0.25) is 5.15 Å². The first-order valence-corrected chi connectivity index (χ1v) is 4.56. The summed E-state index contributed by atoms with van der Waals surface area (Å²) in [4.78, 5) is 11.3. The average Bonchev–Trinajstić information content (AvgIpc) is 2.28. The zero-order valence-corrected chi connectivity index (χ0v) is 9.01. The molecule has 1 rings (SSSR count). The van der Waals surface area contributed by atoms with E-state index in [0.29, 0.717) is 10.7 Å². The maximum absolute atomic E-state index is 11.3. The van der Waals surface area contributed by atoms with Gasteiger partial charge in [0.1, 0.15) is 5.15 Å². The van der Waals surface area contributed by atoms with Crippen molar-refractivity contribution in [3.63, 3.8) is 0 Å². The number of aromatic nitrogens is 2. The Labute approximate surface area is 82.7 Å². The third kappa shape index (κ3) is 1.75. The Balaban J connectivity index is 3.35. The number of nitrogens with zero attached hydrogens (tertiary/aromatic N) is 2. The van der Waals surface area contributed by atoms with Gasteiger partial charge >= 0.3 is 0 Å². The van der Waals surface area contributed by atoms with Crippen molar-refractivity contribution in [2.75, 3.05) is 0 Å². The lowest BCUT2D eigenvalue weighted by Gasteiger charge is -2.01. The van der Waals surface area contributed by atoms with Crippen molar-refractivity contribution in [1.82, 2.24) is 9.78 Å². The number of halogens is 1. The van der Waals surface area contributed by atoms with Crippen LogP contribution in [0.1, 0.15) is 42.7 Å². The molecule has 0 radical (unpaired) electrons. The zero-order chi connectivity index (χ0) is 10.2. The van der Waals surface area contributed by atoms with E-state index in [4.69, 9.17) is 11.6 Å². The van der Waals surface area contributed by atoms with Crippen LogP contribution in [0.15, 0.2) is 0 Å². The first-order valence-electron chi connectivity index (χ1n) is 4.18. The molecule has 0 aromatic carbocycles. The van der Waals surface area contributed by atoms with E-state index in [9.17, 15) is 4.79 Å². The van der Waals surface area contributed by atoms with Crippen molar-refractivity contribution in [2.24, 2.45) is 7.05 Å². The predicted octanol–water partition coefficient (Wildman–Crippen LogP) is 2.40. The normalized spacial score (nSPS) is 10.9. The van der Waals surface area contributed by atoms with E-state index in [-0.39, 0.29) is 11.7 Å². The number of aryl methyl sites for hydroxylation is 1. The van der Waals surface area contributed by atoms with Crippen molar-refractivity contribution in [1.29, 1.82) is 0 Å². The predicted molar refractivity (Wildman–Crippen MR) is 52.3 cm³/mol. The highest BCUT2D eigenvalue weighted by Gasteiger charge is 2.19. The number of hydrogen-bond acceptors (Lipinski definition) is 2. The minimum absolute atomic E-state index is 0.0261. The second kappa shape index (κ2) is 3.50. The van der Waals surface area contributed by atoms with Gasteiger partial charge in [0.25, 0.3) is 0 Å². The monoisotopic (exact) mass is 200 g/mol. The van der Waals surface area contributed by atoms with Crippen LogP contribution < -0.4 is 0 Å². The second-order valence-electron chi connectivity index (χ2n) is 3.39. The molecule has 0 saturated carbocycles. The van der Waals surface area contributed by atoms with Crippen molar-refractivity contribution < 1.29 is 4.79 Å². The smallest absolute Gasteiger partial charge is 0.164 e. The number of ketones is 1. The quantitative estimate of drug-likeness (QED) is 0.688. The maximum Gasteiger partial charge on any atom is 0.164 e. The van der Waals surface area contributed by atoms with Gasteiger partial charge < -0.3 is 0 Å². The van der Waals surface area contributed by atoms with Gasteiger partial charge in [0.05, 0.1) is 11.3 Å². The third-order valence-corrected chi connectivity index (χ3v) is 2.34. The fraction of sp³-hybridized carbons (Fsp3) is 0.556. The summed E-state index contributed by atoms with van der Waals surface area (Å²) < 4.78 is 1.54. The minimum atomic E-state index is -0.0261. The standard InChI is InChI=1S/C9H13ClN2O/c1-5(2)8-7(6(3)13)9(10)12(4)11-8/h5H,1-4H3. The second-order valence-corrected chi connectivity index (χ2v) is 3.74. The van der Waals surface area contributed by atoms with Gasteiger partial charge in [-0.25, -0.2) is 0 Å². The Morgan fingerprint density at radius 2 is 2.08 bits per heavy atom. The highest BCUT2D eigenvalue weighted by Crippen LogP contribution is 2.25. The molecule has 0 aliphatic rings. The molecule has 4 heteroatoms. The summed E-state index contributed by atoms with van der Waals surface area (Å²) in [6.07, 6.45) is 0. The number of carbonyl (C=O) groups excluding carboxylic acids is 1. The number of carbonyl (C=O) groups is 1. The van der Waals surface area contributed by atoms with E-state index in [2.05, 4.69) is 5.10 Å². The van der Waals surface area contributed by atoms with Gasteiger partial charge in [-0.1, -0.05) is 25.4 Å². The molecule has 0 fully saturated rings. The van der Waals surface area contributed by atoms with Crippen molar-refractivity contribution in [3.8, 4) is 0 Å². The molecule has 13 heavy (non-hydrogen) atoms. The first-order chi connectivity index (χ1) is 5.95. The highest BCUT2D eigenvalue weighted by molar-refractivity contribution is 6.33. The fourth-order valence-electron chi connectivity index (χ4n) is 1.25. The van der Waals surface area contributed by atoms with Crippen LogP contribution in [-0.4, -0.2) is 15.6 Å². The van der Waals surface area contributed by atoms with E-state index >= 15 is 0 Å². The molecule has 0 N–H and O–H groups in total. The fourth-order valence-corrected chi connectivity index (χ4v) is 1.52. The molecule has 1 aromatic rings. The Bertz CT molecular complexity index is 342. The molecular formula is C9H13ClN2O. The van der Waals surface area contributed by atoms with Crippen LogP contribution in [-0.2, 0) is 7.05 Å². The van der Waals surface area contributed by atoms with Crippen LogP contribution in [0, 0.1) is 0 Å². The maximum atomic E-state index is 11.3. The summed E-state index contributed by atoms with van der Waals surface area (Å²) >= 11 is 5.93. The minimum Gasteiger partial charge on any atom is -0.294 e. The Kier molecular flexibility index (Phi) is 2.76. The molecule has 1 heterocycles. The highest BCUT2D eigenvalue weighted by atomic mass is 35.5. The summed E-state index contributed by atoms with van der Waals surface area (Å²) in [5, 5.41) is 4.62. The molecular weight excluding hydrogens is 188 g/mol. The molecule has 0 atom stereocenters. The zero-order valence-electron chi connectivity index (χ0n) is 8.26. The van der Waals surface area contributed by atoms with E-state index < -0.39 is 0 Å². The van der Waals surface area contributed by atoms with Crippen LogP contribution in [0.4, 0.5) is 0 Å². The van der Waals surface area contributed by atoms with Crippen LogP contribution in [0.25, 0.3) is 0 Å². The van der Waals surface area contributed by atoms with E-state index in [1.807, 2.05) is 13.8 Å². The van der Waals surface area contributed by atoms with Gasteiger partial charge in [-0.3, -0.25) is 9.48 Å². The lowest BCUT2D eigenvalue weighted by atomic mass is 10.0. The largest absolute Gasteiger partial charge is 0.294 e. The van der Waals surface area contributed by atoms with E-state index in [1.165, 1.54) is 11.6 Å². The summed E-state index contributed by atoms with van der Waals surface area (Å²) in [7, 11) is 1.74. The van der Waals surface area contributed by atoms with Gasteiger partial charge in [-0.15, -0.1) is 0 Å². The van der Waals surface area contributed by atoms with E-state index in [0.717, 1.165) is 5.69 Å². The molecule has 72 valence electrons. The number of hydrogen-bond donors (Lipinski definition) is 0. The Morgan fingerprint density at radius 3 is 2.38 bits per heavy atom. The summed E-state index contributed by atoms with van der Waals surface area (Å²) in [6.45, 7) is 5.49. The SMILES string of the molecule is CC(=O)c1c(C(C)C)nn(C)c1Cl. The summed E-state index contributed by atoms with van der Waals surface area (Å²) in [5.41, 5.74) is 1.33. The van der Waals surface area contributed by atoms with Gasteiger partial charge in [0, 0.05) is 7.05 Å². The summed E-state index contributed by atoms with van der Waals surface area (Å²) in [5.74, 6) is 0.194. The van der Waals surface area contributed by atoms with Gasteiger partial charge in [0.2, 0.25) is 0 Å². The lowest BCUT2D eigenvalue weighted by Crippen LogP contribution is -1.99. The van der Waals surface area contributed by atoms with Crippen LogP contribution >= 0.6 is 11.6 Å². The molecule has 0 unspecified atom stereocenters. The molecule has 0 bridgehead atoms. The van der Waals surface area contributed by atoms with Crippen molar-refractivity contribution in [3.05, 3.63) is 16.4 Å². The topological polar surface area (TPSA) is 34.9 Å². The average molecular weight is 201 g/mol. The molecule has 0 spiro atoms. The van der Waals surface area contributed by atoms with Crippen LogP contribution in [0.3, 0.4) is 0 Å². The van der Waals surface area contributed by atoms with Crippen molar-refractivity contribution in [2.45, 2.75) is 26.7 Å². The number of Topliss-reactive ketones (excluding diaryl/α,β-unsaturated/α-hetero) is 1. The van der Waals surface area contributed by atoms with Gasteiger partial charge in [-0.2, -0.15) is 5.10 Å². The molecule has 3 nitrogen and oxygen atoms in total. The third-order valence-electron chi connectivity index (χ3n) is 1.90. The van der Waals surface area contributed by atoms with Crippen molar-refractivity contribution >= 4 is 17.4 Å². The first kappa shape index (κ1) is 10.3. The summed E-state index contributed by atoms with van der Waals surface area (Å²) in [6, 6.07) is 0. The molecule has 0 saturated heterocycles. The van der Waals surface area contributed by atoms with E-state index in [1.54, 1.807) is 7.05 Å². The Hall–Kier alpha value is -0.830. The lowest BCUT2D eigenvalue weighted by molar-refractivity contribution is 0.101. The molecule has 0 aliphatic carbocycles. The number of rotatable bonds is 2. The van der Waals surface area contributed by atoms with Gasteiger partial charge in [0.15, 0.2) is 5.78 Å².